The van der Waals surface area contributed by atoms with Gasteiger partial charge in [0.05, 0.1) is 6.54 Å². The monoisotopic (exact) mass is 291 g/mol. The second-order valence-corrected chi connectivity index (χ2v) is 2.22. The maximum absolute atomic E-state index is 9.25. The molecule has 0 aliphatic heterocycles. The molecule has 0 aromatic heterocycles. The van der Waals surface area contributed by atoms with Crippen molar-refractivity contribution in [3.8, 4) is 0 Å². The average Bonchev–Trinajstić information content (AvgIpc) is 2.40. The number of hydrogen-bond donors (Lipinski definition) is 5. The van der Waals surface area contributed by atoms with Gasteiger partial charge in [0.15, 0.2) is 0 Å². The van der Waals surface area contributed by atoms with Crippen LogP contribution in [-0.2, 0) is 19.2 Å². The fourth-order valence-corrected chi connectivity index (χ4v) is 0. The summed E-state index contributed by atoms with van der Waals surface area (Å²) in [6, 6.07) is 0. The van der Waals surface area contributed by atoms with E-state index in [1.54, 1.807) is 0 Å². The van der Waals surface area contributed by atoms with Gasteiger partial charge in [-0.1, -0.05) is 19.7 Å². The molecule has 0 aliphatic carbocycles. The highest BCUT2D eigenvalue weighted by Gasteiger charge is 1.81. The van der Waals surface area contributed by atoms with Crippen LogP contribution in [0.1, 0.15) is 0 Å². The van der Waals surface area contributed by atoms with Gasteiger partial charge in [0.1, 0.15) is 0 Å². The maximum atomic E-state index is 9.25. The number of carbonyl (C=O) groups is 4. The van der Waals surface area contributed by atoms with Crippen molar-refractivity contribution in [3.05, 3.63) is 38.0 Å². The van der Waals surface area contributed by atoms with Crippen LogP contribution in [0.25, 0.3) is 0 Å². The fourth-order valence-electron chi connectivity index (χ4n) is 0. The average molecular weight is 291 g/mol. The molecule has 0 atom stereocenters. The van der Waals surface area contributed by atoms with Crippen molar-refractivity contribution in [2.24, 2.45) is 5.73 Å². The highest BCUT2D eigenvalue weighted by Crippen LogP contribution is 1.55. The van der Waals surface area contributed by atoms with Gasteiger partial charge in [-0.05, 0) is 0 Å². The normalized spacial score (nSPS) is 6.65. The zero-order valence-corrected chi connectivity index (χ0v) is 10.6. The second-order valence-electron chi connectivity index (χ2n) is 2.22. The standard InChI is InChI=1S/3C3H4O2.C2H5NO2/c3*1-2-3(4)5;3-1-2(4)5/h3*2H,1H2,(H,4,5);1,3H2,(H,4,5). The van der Waals surface area contributed by atoms with Crippen molar-refractivity contribution in [1.29, 1.82) is 0 Å². The highest BCUT2D eigenvalue weighted by molar-refractivity contribution is 5.79. The van der Waals surface area contributed by atoms with E-state index >= 15 is 0 Å². The molecule has 0 unspecified atom stereocenters. The van der Waals surface area contributed by atoms with Gasteiger partial charge < -0.3 is 26.2 Å². The minimum absolute atomic E-state index is 0.278. The molecule has 6 N–H and O–H groups in total. The Kier molecular flexibility index (Phi) is 27.5. The van der Waals surface area contributed by atoms with Crippen molar-refractivity contribution >= 4 is 23.9 Å². The Hall–Kier alpha value is -2.94. The Labute approximate surface area is 115 Å². The number of rotatable bonds is 4. The van der Waals surface area contributed by atoms with Crippen LogP contribution in [0.15, 0.2) is 38.0 Å². The Morgan fingerprint density at radius 2 is 0.850 bits per heavy atom. The first-order valence-corrected chi connectivity index (χ1v) is 4.56. The summed E-state index contributed by atoms with van der Waals surface area (Å²) in [5.74, 6) is -3.91. The van der Waals surface area contributed by atoms with Gasteiger partial charge in [0, 0.05) is 18.2 Å². The van der Waals surface area contributed by atoms with E-state index in [9.17, 15) is 19.2 Å². The summed E-state index contributed by atoms with van der Waals surface area (Å²) in [6.45, 7) is 8.60. The zero-order valence-electron chi connectivity index (χ0n) is 10.6. The molecule has 0 heterocycles. The Bertz CT molecular complexity index is 306. The molecular weight excluding hydrogens is 274 g/mol. The van der Waals surface area contributed by atoms with E-state index in [2.05, 4.69) is 25.5 Å². The lowest BCUT2D eigenvalue weighted by atomic mass is 10.7. The van der Waals surface area contributed by atoms with E-state index in [1.807, 2.05) is 0 Å². The number of carboxylic acids is 4. The van der Waals surface area contributed by atoms with E-state index in [1.165, 1.54) is 0 Å². The van der Waals surface area contributed by atoms with Crippen molar-refractivity contribution in [1.82, 2.24) is 0 Å². The zero-order chi connectivity index (χ0) is 17.1. The predicted octanol–water partition coefficient (Wildman–Crippen LogP) is -0.199. The van der Waals surface area contributed by atoms with E-state index in [-0.39, 0.29) is 6.54 Å². The highest BCUT2D eigenvalue weighted by atomic mass is 16.4. The SMILES string of the molecule is C=CC(=O)O.C=CC(=O)O.C=CC(=O)O.NCC(=O)O. The molecule has 9 nitrogen and oxygen atoms in total. The summed E-state index contributed by atoms with van der Waals surface area (Å²) in [5.41, 5.74) is 4.57. The number of nitrogens with two attached hydrogens (primary N) is 1. The summed E-state index contributed by atoms with van der Waals surface area (Å²) < 4.78 is 0. The van der Waals surface area contributed by atoms with Crippen LogP contribution in [-0.4, -0.2) is 50.8 Å². The summed E-state index contributed by atoms with van der Waals surface area (Å²) in [7, 11) is 0. The van der Waals surface area contributed by atoms with Crippen LogP contribution in [0.4, 0.5) is 0 Å². The molecule has 0 rings (SSSR count). The lowest BCUT2D eigenvalue weighted by molar-refractivity contribution is -0.135. The minimum Gasteiger partial charge on any atom is -0.480 e. The van der Waals surface area contributed by atoms with Gasteiger partial charge in [-0.25, -0.2) is 14.4 Å². The van der Waals surface area contributed by atoms with E-state index in [4.69, 9.17) is 20.4 Å². The molecule has 0 aliphatic rings. The lowest BCUT2D eigenvalue weighted by Crippen LogP contribution is -2.10. The summed E-state index contributed by atoms with van der Waals surface area (Å²) in [5, 5.41) is 30.4. The molecule has 0 aromatic carbocycles. The molecule has 0 radical (unpaired) electrons. The third kappa shape index (κ3) is 116. The van der Waals surface area contributed by atoms with Gasteiger partial charge in [-0.2, -0.15) is 0 Å². The third-order valence-electron chi connectivity index (χ3n) is 0.698. The quantitative estimate of drug-likeness (QED) is 0.439. The van der Waals surface area contributed by atoms with E-state index in [0.29, 0.717) is 0 Å². The lowest BCUT2D eigenvalue weighted by Gasteiger charge is -1.73. The molecular formula is C11H17NO8. The van der Waals surface area contributed by atoms with Gasteiger partial charge >= 0.3 is 23.9 Å². The van der Waals surface area contributed by atoms with E-state index < -0.39 is 23.9 Å². The summed E-state index contributed by atoms with van der Waals surface area (Å²) >= 11 is 0. The van der Waals surface area contributed by atoms with Crippen molar-refractivity contribution in [2.75, 3.05) is 6.54 Å². The first-order chi connectivity index (χ1) is 9.08. The molecule has 20 heavy (non-hydrogen) atoms. The summed E-state index contributed by atoms with van der Waals surface area (Å²) in [6.07, 6.45) is 2.50. The largest absolute Gasteiger partial charge is 0.480 e. The smallest absolute Gasteiger partial charge is 0.327 e. The first kappa shape index (κ1) is 25.8. The molecule has 114 valence electrons. The molecule has 0 aromatic rings. The van der Waals surface area contributed by atoms with Crippen LogP contribution in [0.2, 0.25) is 0 Å². The molecule has 0 saturated heterocycles. The fraction of sp³-hybridized carbons (Fsp3) is 0.0909. The van der Waals surface area contributed by atoms with Crippen molar-refractivity contribution in [3.63, 3.8) is 0 Å². The summed E-state index contributed by atoms with van der Waals surface area (Å²) in [4.78, 5) is 37.0. The van der Waals surface area contributed by atoms with Gasteiger partial charge in [0.25, 0.3) is 0 Å². The molecule has 0 fully saturated rings. The van der Waals surface area contributed by atoms with Gasteiger partial charge in [-0.15, -0.1) is 0 Å². The van der Waals surface area contributed by atoms with Crippen LogP contribution in [0, 0.1) is 0 Å². The Morgan fingerprint density at radius 1 is 0.750 bits per heavy atom. The second kappa shape index (κ2) is 21.4. The number of aliphatic carboxylic acids is 4. The minimum atomic E-state index is -0.981. The molecule has 0 saturated carbocycles. The molecule has 0 bridgehead atoms. The maximum Gasteiger partial charge on any atom is 0.327 e. The molecule has 0 amide bonds. The topological polar surface area (TPSA) is 175 Å². The van der Waals surface area contributed by atoms with Gasteiger partial charge in [0.2, 0.25) is 0 Å². The van der Waals surface area contributed by atoms with E-state index in [0.717, 1.165) is 18.2 Å². The Balaban J connectivity index is -0.0000000853. The van der Waals surface area contributed by atoms with Gasteiger partial charge in [-0.3, -0.25) is 4.79 Å². The number of hydrogen-bond acceptors (Lipinski definition) is 5. The predicted molar refractivity (Wildman–Crippen MR) is 70.2 cm³/mol. The molecule has 9 heteroatoms. The van der Waals surface area contributed by atoms with Crippen LogP contribution >= 0.6 is 0 Å². The Morgan fingerprint density at radius 3 is 0.850 bits per heavy atom. The van der Waals surface area contributed by atoms with Crippen LogP contribution < -0.4 is 5.73 Å². The first-order valence-electron chi connectivity index (χ1n) is 4.56. The van der Waals surface area contributed by atoms with Crippen LogP contribution in [0.5, 0.6) is 0 Å². The number of carboxylic acid groups (broad SMARTS) is 4. The van der Waals surface area contributed by atoms with Crippen molar-refractivity contribution < 1.29 is 39.6 Å². The van der Waals surface area contributed by atoms with Crippen molar-refractivity contribution in [2.45, 2.75) is 0 Å². The third-order valence-corrected chi connectivity index (χ3v) is 0.698. The van der Waals surface area contributed by atoms with Crippen LogP contribution in [0.3, 0.4) is 0 Å². The molecule has 0 spiro atoms.